The van der Waals surface area contributed by atoms with E-state index in [-0.39, 0.29) is 6.07 Å². The van der Waals surface area contributed by atoms with Crippen molar-refractivity contribution in [3.05, 3.63) is 70.8 Å². The Labute approximate surface area is 204 Å². The number of halogens is 12. The van der Waals surface area contributed by atoms with Crippen LogP contribution in [0.4, 0.5) is 64.1 Å². The van der Waals surface area contributed by atoms with Gasteiger partial charge in [0, 0.05) is 29.6 Å². The molecule has 0 saturated heterocycles. The first kappa shape index (κ1) is 28.6. The average Bonchev–Trinajstić information content (AvgIpc) is 2.70. The van der Waals surface area contributed by atoms with E-state index < -0.39 is 87.4 Å². The van der Waals surface area contributed by atoms with Gasteiger partial charge in [-0.15, -0.1) is 0 Å². The molecule has 0 amide bonds. The van der Waals surface area contributed by atoms with E-state index in [9.17, 15) is 52.7 Å². The minimum Gasteiger partial charge on any atom is -0.456 e. The van der Waals surface area contributed by atoms with Crippen molar-refractivity contribution < 1.29 is 62.2 Å². The summed E-state index contributed by atoms with van der Waals surface area (Å²) in [6.07, 6.45) is -21.6. The van der Waals surface area contributed by atoms with Crippen LogP contribution in [0.2, 0.25) is 0 Å². The maximum Gasteiger partial charge on any atom is 0.420 e. The molecule has 0 bridgehead atoms. The van der Waals surface area contributed by atoms with E-state index in [2.05, 4.69) is 0 Å². The fraction of sp³-hybridized carbons (Fsp3) is 0.182. The van der Waals surface area contributed by atoms with Crippen LogP contribution in [0.25, 0.3) is 0 Å². The molecule has 3 rings (SSSR count). The number of hydrogen-bond acceptors (Lipinski definition) is 4. The second-order valence-corrected chi connectivity index (χ2v) is 7.55. The van der Waals surface area contributed by atoms with Crippen molar-refractivity contribution in [1.82, 2.24) is 0 Å². The predicted octanol–water partition coefficient (Wildman–Crippen LogP) is 8.51. The molecule has 16 heteroatoms. The van der Waals surface area contributed by atoms with Crippen molar-refractivity contribution in [2.24, 2.45) is 0 Å². The van der Waals surface area contributed by atoms with Gasteiger partial charge < -0.3 is 20.9 Å². The SMILES string of the molecule is Nc1ccc(C(F)(F)F)c(Oc2cc(Oc3cc(N)ccc3C(F)(F)F)c(C(F)(F)F)cc2C(F)(F)F)c1. The molecular weight excluding hydrogens is 552 g/mol. The average molecular weight is 564 g/mol. The standard InChI is InChI=1S/C22H12F12N2O2/c23-19(24,25)11-3-1-9(35)5-15(11)37-17-8-18(14(22(32,33)34)7-13(17)21(29,30)31)38-16-6-10(36)2-4-12(16)20(26,27)28/h1-8H,35-36H2. The van der Waals surface area contributed by atoms with E-state index in [1.54, 1.807) is 0 Å². The second kappa shape index (κ2) is 9.40. The molecule has 0 atom stereocenters. The van der Waals surface area contributed by atoms with Crippen LogP contribution < -0.4 is 20.9 Å². The first-order chi connectivity index (χ1) is 17.2. The summed E-state index contributed by atoms with van der Waals surface area (Å²) in [7, 11) is 0. The van der Waals surface area contributed by atoms with Crippen LogP contribution in [-0.4, -0.2) is 0 Å². The zero-order valence-electron chi connectivity index (χ0n) is 18.1. The summed E-state index contributed by atoms with van der Waals surface area (Å²) in [6.45, 7) is 0. The van der Waals surface area contributed by atoms with E-state index in [4.69, 9.17) is 20.9 Å². The lowest BCUT2D eigenvalue weighted by Gasteiger charge is -2.22. The lowest BCUT2D eigenvalue weighted by atomic mass is 10.1. The lowest BCUT2D eigenvalue weighted by Crippen LogP contribution is -2.15. The summed E-state index contributed by atoms with van der Waals surface area (Å²) in [6, 6.07) is 2.40. The summed E-state index contributed by atoms with van der Waals surface area (Å²) in [5.74, 6) is -5.94. The van der Waals surface area contributed by atoms with Crippen molar-refractivity contribution in [3.63, 3.8) is 0 Å². The zero-order valence-corrected chi connectivity index (χ0v) is 18.1. The van der Waals surface area contributed by atoms with Gasteiger partial charge >= 0.3 is 24.7 Å². The van der Waals surface area contributed by atoms with Gasteiger partial charge in [0.05, 0.1) is 22.3 Å². The van der Waals surface area contributed by atoms with Crippen molar-refractivity contribution in [3.8, 4) is 23.0 Å². The van der Waals surface area contributed by atoms with Crippen molar-refractivity contribution in [2.45, 2.75) is 24.7 Å². The van der Waals surface area contributed by atoms with Crippen molar-refractivity contribution in [1.29, 1.82) is 0 Å². The smallest absolute Gasteiger partial charge is 0.420 e. The Hall–Kier alpha value is -3.98. The minimum absolute atomic E-state index is 0.127. The van der Waals surface area contributed by atoms with Crippen LogP contribution in [-0.2, 0) is 24.7 Å². The van der Waals surface area contributed by atoms with E-state index >= 15 is 0 Å². The molecule has 0 aliphatic heterocycles. The number of alkyl halides is 12. The fourth-order valence-corrected chi connectivity index (χ4v) is 3.13. The van der Waals surface area contributed by atoms with Gasteiger partial charge in [0.1, 0.15) is 23.0 Å². The molecule has 3 aromatic rings. The number of ether oxygens (including phenoxy) is 2. The highest BCUT2D eigenvalue weighted by Crippen LogP contribution is 2.49. The van der Waals surface area contributed by atoms with Gasteiger partial charge in [-0.05, 0) is 30.3 Å². The van der Waals surface area contributed by atoms with Gasteiger partial charge in [-0.2, -0.15) is 52.7 Å². The molecule has 3 aromatic carbocycles. The number of anilines is 2. The largest absolute Gasteiger partial charge is 0.456 e. The second-order valence-electron chi connectivity index (χ2n) is 7.55. The van der Waals surface area contributed by atoms with Crippen LogP contribution in [0.1, 0.15) is 22.3 Å². The van der Waals surface area contributed by atoms with E-state index in [1.807, 2.05) is 0 Å². The van der Waals surface area contributed by atoms with Crippen LogP contribution >= 0.6 is 0 Å². The van der Waals surface area contributed by atoms with E-state index in [0.29, 0.717) is 24.3 Å². The third-order valence-electron chi connectivity index (χ3n) is 4.75. The number of rotatable bonds is 4. The maximum absolute atomic E-state index is 13.7. The molecule has 206 valence electrons. The highest BCUT2D eigenvalue weighted by Gasteiger charge is 2.43. The number of nitrogen functional groups attached to an aromatic ring is 2. The van der Waals surface area contributed by atoms with E-state index in [0.717, 1.165) is 12.1 Å². The molecule has 0 aliphatic rings. The molecule has 0 unspecified atom stereocenters. The Morgan fingerprint density at radius 1 is 0.395 bits per heavy atom. The van der Waals surface area contributed by atoms with E-state index in [1.165, 1.54) is 0 Å². The molecular formula is C22H12F12N2O2. The van der Waals surface area contributed by atoms with Crippen LogP contribution in [0.5, 0.6) is 23.0 Å². The topological polar surface area (TPSA) is 70.5 Å². The van der Waals surface area contributed by atoms with Gasteiger partial charge in [-0.25, -0.2) is 0 Å². The van der Waals surface area contributed by atoms with Crippen molar-refractivity contribution >= 4 is 11.4 Å². The minimum atomic E-state index is -5.62. The van der Waals surface area contributed by atoms with Crippen LogP contribution in [0.15, 0.2) is 48.5 Å². The number of benzene rings is 3. The Kier molecular flexibility index (Phi) is 7.07. The summed E-state index contributed by atoms with van der Waals surface area (Å²) in [4.78, 5) is 0. The van der Waals surface area contributed by atoms with Gasteiger partial charge in [0.25, 0.3) is 0 Å². The molecule has 4 nitrogen and oxygen atoms in total. The molecule has 0 heterocycles. The van der Waals surface area contributed by atoms with Crippen LogP contribution in [0.3, 0.4) is 0 Å². The Morgan fingerprint density at radius 2 is 0.684 bits per heavy atom. The zero-order chi connectivity index (χ0) is 28.8. The molecule has 0 radical (unpaired) electrons. The predicted molar refractivity (Wildman–Crippen MR) is 108 cm³/mol. The molecule has 38 heavy (non-hydrogen) atoms. The monoisotopic (exact) mass is 564 g/mol. The van der Waals surface area contributed by atoms with Crippen molar-refractivity contribution in [2.75, 3.05) is 11.5 Å². The Morgan fingerprint density at radius 3 is 0.974 bits per heavy atom. The summed E-state index contributed by atoms with van der Waals surface area (Å²) in [5, 5.41) is 0. The number of hydrogen-bond donors (Lipinski definition) is 2. The molecule has 0 spiro atoms. The first-order valence-electron chi connectivity index (χ1n) is 9.79. The Bertz CT molecular complexity index is 1240. The molecule has 0 aliphatic carbocycles. The summed E-state index contributed by atoms with van der Waals surface area (Å²) < 4.78 is 172. The van der Waals surface area contributed by atoms with Gasteiger partial charge in [-0.1, -0.05) is 0 Å². The summed E-state index contributed by atoms with van der Waals surface area (Å²) in [5.41, 5.74) is 2.23. The third kappa shape index (κ3) is 6.28. The lowest BCUT2D eigenvalue weighted by molar-refractivity contribution is -0.144. The molecule has 0 aromatic heterocycles. The normalized spacial score (nSPS) is 12.9. The summed E-state index contributed by atoms with van der Waals surface area (Å²) >= 11 is 0. The Balaban J connectivity index is 2.30. The highest BCUT2D eigenvalue weighted by molar-refractivity contribution is 5.57. The van der Waals surface area contributed by atoms with Gasteiger partial charge in [0.15, 0.2) is 0 Å². The third-order valence-corrected chi connectivity index (χ3v) is 4.75. The highest BCUT2D eigenvalue weighted by atomic mass is 19.4. The fourth-order valence-electron chi connectivity index (χ4n) is 3.13. The van der Waals surface area contributed by atoms with Gasteiger partial charge in [0.2, 0.25) is 0 Å². The number of nitrogens with two attached hydrogens (primary N) is 2. The first-order valence-corrected chi connectivity index (χ1v) is 9.79. The van der Waals surface area contributed by atoms with Gasteiger partial charge in [-0.3, -0.25) is 0 Å². The quantitative estimate of drug-likeness (QED) is 0.246. The maximum atomic E-state index is 13.7. The molecule has 0 fully saturated rings. The molecule has 0 saturated carbocycles. The van der Waals surface area contributed by atoms with Crippen LogP contribution in [0, 0.1) is 0 Å². The molecule has 4 N–H and O–H groups in total.